The normalized spacial score (nSPS) is 9.28. The van der Waals surface area contributed by atoms with Crippen LogP contribution in [0.15, 0.2) is 49.1 Å². The molecule has 4 heteroatoms. The van der Waals surface area contributed by atoms with Crippen LogP contribution in [0.25, 0.3) is 0 Å². The molecule has 0 saturated carbocycles. The highest BCUT2D eigenvalue weighted by molar-refractivity contribution is 5.07. The maximum atomic E-state index is 2.23. The highest BCUT2D eigenvalue weighted by Gasteiger charge is 1.97. The fourth-order valence-corrected chi connectivity index (χ4v) is 2.40. The van der Waals surface area contributed by atoms with Crippen LogP contribution in [-0.2, 0) is 25.9 Å². The number of hydrogen-bond donors (Lipinski definition) is 0. The Morgan fingerprint density at radius 3 is 1.32 bits per heavy atom. The first-order chi connectivity index (χ1) is 11.2. The van der Waals surface area contributed by atoms with Gasteiger partial charge in [-0.1, -0.05) is 26.7 Å². The lowest BCUT2D eigenvalue weighted by Gasteiger charge is -1.97. The Labute approximate surface area is 167 Å². The third-order valence-electron chi connectivity index (χ3n) is 4.01. The summed E-state index contributed by atoms with van der Waals surface area (Å²) in [5.74, 6) is 0. The van der Waals surface area contributed by atoms with Gasteiger partial charge >= 0.3 is 0 Å². The summed E-state index contributed by atoms with van der Waals surface area (Å²) >= 11 is 0. The molecule has 0 atom stereocenters. The van der Waals surface area contributed by atoms with Gasteiger partial charge in [-0.25, -0.2) is 9.13 Å². The molecular weight excluding hydrogens is 351 g/mol. The van der Waals surface area contributed by atoms with Crippen molar-refractivity contribution in [3.05, 3.63) is 60.2 Å². The van der Waals surface area contributed by atoms with Gasteiger partial charge in [-0.2, -0.15) is 0 Å². The Morgan fingerprint density at radius 1 is 0.600 bits per heavy atom. The van der Waals surface area contributed by atoms with E-state index in [0.717, 1.165) is 13.1 Å². The fourth-order valence-electron chi connectivity index (χ4n) is 2.40. The molecule has 2 aromatic rings. The molecule has 0 unspecified atom stereocenters. The molecule has 0 bridgehead atoms. The summed E-state index contributed by atoms with van der Waals surface area (Å²) in [5, 5.41) is 0. The second-order valence-electron chi connectivity index (χ2n) is 5.93. The molecule has 142 valence electrons. The van der Waals surface area contributed by atoms with Crippen LogP contribution in [0.5, 0.6) is 0 Å². The Kier molecular flexibility index (Phi) is 17.1. The number of aromatic nitrogens is 2. The van der Waals surface area contributed by atoms with Gasteiger partial charge in [0.2, 0.25) is 0 Å². The van der Waals surface area contributed by atoms with Gasteiger partial charge in [0.1, 0.15) is 13.1 Å². The van der Waals surface area contributed by atoms with E-state index in [2.05, 4.69) is 85.9 Å². The summed E-state index contributed by atoms with van der Waals surface area (Å²) in [5.41, 5.74) is 2.90. The van der Waals surface area contributed by atoms with Gasteiger partial charge in [0.05, 0.1) is 0 Å². The van der Waals surface area contributed by atoms with E-state index in [4.69, 9.17) is 0 Å². The van der Waals surface area contributed by atoms with E-state index in [1.807, 2.05) is 0 Å². The molecule has 0 radical (unpaired) electrons. The lowest BCUT2D eigenvalue weighted by Crippen LogP contribution is -3.00. The number of unbranched alkanes of at least 4 members (excludes halogenated alkanes) is 1. The molecule has 0 N–H and O–H groups in total. The molecular formula is C21H34Cl2N2. The second kappa shape index (κ2) is 16.4. The van der Waals surface area contributed by atoms with E-state index in [-0.39, 0.29) is 24.8 Å². The molecule has 2 rings (SSSR count). The summed E-state index contributed by atoms with van der Waals surface area (Å²) in [7, 11) is 0. The third kappa shape index (κ3) is 11.2. The average Bonchev–Trinajstić information content (AvgIpc) is 2.62. The third-order valence-corrected chi connectivity index (χ3v) is 4.01. The van der Waals surface area contributed by atoms with Crippen LogP contribution in [0.1, 0.15) is 58.1 Å². The van der Waals surface area contributed by atoms with Crippen molar-refractivity contribution in [3.8, 4) is 0 Å². The second-order valence-corrected chi connectivity index (χ2v) is 5.93. The molecule has 25 heavy (non-hydrogen) atoms. The van der Waals surface area contributed by atoms with Gasteiger partial charge in [-0.3, -0.25) is 0 Å². The van der Waals surface area contributed by atoms with E-state index < -0.39 is 0 Å². The zero-order valence-electron chi connectivity index (χ0n) is 16.2. The first-order valence-electron chi connectivity index (χ1n) is 9.19. The van der Waals surface area contributed by atoms with E-state index >= 15 is 0 Å². The van der Waals surface area contributed by atoms with Crippen LogP contribution < -0.4 is 33.9 Å². The molecule has 0 fully saturated rings. The molecule has 0 aliphatic carbocycles. The standard InChI is InChI=1S/C11H18N.C10H16N.2ClH/c1-3-5-6-11-7-9-12(4-2)10-8-11;1-3-5-10-6-8-11(4-2)9-7-10;;/h7-10H,3-6H2,1-2H3;6-9H,3-5H2,1-2H3;2*1H/q2*+1;;/p-2. The molecule has 2 heterocycles. The van der Waals surface area contributed by atoms with Gasteiger partial charge in [0.25, 0.3) is 0 Å². The number of hydrogen-bond acceptors (Lipinski definition) is 0. The van der Waals surface area contributed by atoms with E-state index in [9.17, 15) is 0 Å². The number of rotatable bonds is 7. The summed E-state index contributed by atoms with van der Waals surface area (Å²) in [4.78, 5) is 0. The van der Waals surface area contributed by atoms with Crippen molar-refractivity contribution in [1.82, 2.24) is 0 Å². The smallest absolute Gasteiger partial charge is 0.169 e. The Morgan fingerprint density at radius 2 is 1.00 bits per heavy atom. The topological polar surface area (TPSA) is 7.76 Å². The summed E-state index contributed by atoms with van der Waals surface area (Å²) in [6, 6.07) is 8.85. The highest BCUT2D eigenvalue weighted by Crippen LogP contribution is 2.01. The monoisotopic (exact) mass is 384 g/mol. The summed E-state index contributed by atoms with van der Waals surface area (Å²) in [6.07, 6.45) is 14.8. The zero-order chi connectivity index (χ0) is 16.9. The van der Waals surface area contributed by atoms with Crippen molar-refractivity contribution in [2.24, 2.45) is 0 Å². The predicted octanol–water partition coefficient (Wildman–Crippen LogP) is -1.71. The number of nitrogens with zero attached hydrogens (tertiary/aromatic N) is 2. The molecule has 0 aliphatic heterocycles. The molecule has 0 amide bonds. The molecule has 0 aliphatic rings. The maximum Gasteiger partial charge on any atom is 0.169 e. The van der Waals surface area contributed by atoms with Gasteiger partial charge < -0.3 is 24.8 Å². The minimum Gasteiger partial charge on any atom is -1.00 e. The van der Waals surface area contributed by atoms with Crippen LogP contribution >= 0.6 is 0 Å². The predicted molar refractivity (Wildman–Crippen MR) is 97.2 cm³/mol. The Hall–Kier alpha value is -1.12. The van der Waals surface area contributed by atoms with Crippen LogP contribution in [-0.4, -0.2) is 0 Å². The molecule has 2 nitrogen and oxygen atoms in total. The van der Waals surface area contributed by atoms with Gasteiger partial charge in [-0.15, -0.1) is 0 Å². The molecule has 0 spiro atoms. The first kappa shape index (κ1) is 26.1. The largest absolute Gasteiger partial charge is 1.00 e. The van der Waals surface area contributed by atoms with E-state index in [1.54, 1.807) is 0 Å². The van der Waals surface area contributed by atoms with Crippen molar-refractivity contribution >= 4 is 0 Å². The number of pyridine rings is 2. The van der Waals surface area contributed by atoms with Gasteiger partial charge in [0, 0.05) is 24.3 Å². The minimum atomic E-state index is 0. The van der Waals surface area contributed by atoms with Gasteiger partial charge in [-0.05, 0) is 44.2 Å². The Bertz CT molecular complexity index is 525. The zero-order valence-corrected chi connectivity index (χ0v) is 17.7. The van der Waals surface area contributed by atoms with Crippen LogP contribution in [0, 0.1) is 0 Å². The Balaban J connectivity index is 0. The average molecular weight is 385 g/mol. The van der Waals surface area contributed by atoms with Crippen molar-refractivity contribution in [2.75, 3.05) is 0 Å². The fraction of sp³-hybridized carbons (Fsp3) is 0.524. The van der Waals surface area contributed by atoms with E-state index in [0.29, 0.717) is 0 Å². The van der Waals surface area contributed by atoms with Crippen molar-refractivity contribution < 1.29 is 33.9 Å². The van der Waals surface area contributed by atoms with E-state index in [1.165, 1.54) is 43.2 Å². The SMILES string of the molecule is CCCCc1cc[n+](CC)cc1.CCCc1cc[n+](CC)cc1.[Cl-].[Cl-]. The molecule has 2 aromatic heterocycles. The van der Waals surface area contributed by atoms with Crippen LogP contribution in [0.3, 0.4) is 0 Å². The van der Waals surface area contributed by atoms with Crippen molar-refractivity contribution in [2.45, 2.75) is 72.9 Å². The van der Waals surface area contributed by atoms with Gasteiger partial charge in [0.15, 0.2) is 24.8 Å². The summed E-state index contributed by atoms with van der Waals surface area (Å²) < 4.78 is 4.37. The lowest BCUT2D eigenvalue weighted by atomic mass is 10.1. The quantitative estimate of drug-likeness (QED) is 0.502. The number of halogens is 2. The lowest BCUT2D eigenvalue weighted by molar-refractivity contribution is -0.693. The van der Waals surface area contributed by atoms with Crippen LogP contribution in [0.2, 0.25) is 0 Å². The number of aryl methyl sites for hydroxylation is 4. The molecule has 0 saturated heterocycles. The highest BCUT2D eigenvalue weighted by atomic mass is 35.5. The van der Waals surface area contributed by atoms with Crippen LogP contribution in [0.4, 0.5) is 0 Å². The molecule has 0 aromatic carbocycles. The summed E-state index contributed by atoms with van der Waals surface area (Å²) in [6.45, 7) is 10.9. The van der Waals surface area contributed by atoms with Crippen molar-refractivity contribution in [3.63, 3.8) is 0 Å². The first-order valence-corrected chi connectivity index (χ1v) is 9.19. The maximum absolute atomic E-state index is 2.23. The van der Waals surface area contributed by atoms with Crippen molar-refractivity contribution in [1.29, 1.82) is 0 Å². The minimum absolute atomic E-state index is 0.